The van der Waals surface area contributed by atoms with Crippen molar-refractivity contribution in [3.05, 3.63) is 22.7 Å². The Morgan fingerprint density at radius 3 is 2.95 bits per heavy atom. The number of carboxylic acids is 1. The van der Waals surface area contributed by atoms with E-state index in [1.54, 1.807) is 17.0 Å². The topological polar surface area (TPSA) is 84.2 Å². The number of anilines is 1. The van der Waals surface area contributed by atoms with Crippen molar-refractivity contribution in [2.75, 3.05) is 5.32 Å². The van der Waals surface area contributed by atoms with E-state index in [2.05, 4.69) is 10.3 Å². The fourth-order valence-corrected chi connectivity index (χ4v) is 2.69. The van der Waals surface area contributed by atoms with Gasteiger partial charge in [-0.1, -0.05) is 20.3 Å². The van der Waals surface area contributed by atoms with Gasteiger partial charge >= 0.3 is 5.97 Å². The SMILES string of the molecule is CC(C)Cn1ccnc(NC2CCCC2C(=O)O)c1=O. The highest BCUT2D eigenvalue weighted by molar-refractivity contribution is 5.72. The molecule has 6 heteroatoms. The highest BCUT2D eigenvalue weighted by Crippen LogP contribution is 2.27. The third-order valence-electron chi connectivity index (χ3n) is 3.63. The molecule has 1 saturated carbocycles. The third-order valence-corrected chi connectivity index (χ3v) is 3.63. The standard InChI is InChI=1S/C14H21N3O3/c1-9(2)8-17-7-6-15-12(13(17)18)16-11-5-3-4-10(11)14(19)20/h6-7,9-11H,3-5,8H2,1-2H3,(H,15,16)(H,19,20). The first-order valence-electron chi connectivity index (χ1n) is 7.04. The van der Waals surface area contributed by atoms with Gasteiger partial charge in [-0.2, -0.15) is 0 Å². The molecule has 0 aromatic carbocycles. The Bertz CT molecular complexity index is 539. The van der Waals surface area contributed by atoms with Gasteiger partial charge in [0.05, 0.1) is 5.92 Å². The van der Waals surface area contributed by atoms with Crippen LogP contribution in [0.3, 0.4) is 0 Å². The van der Waals surface area contributed by atoms with Crippen molar-refractivity contribution < 1.29 is 9.90 Å². The molecule has 0 radical (unpaired) electrons. The molecule has 1 fully saturated rings. The summed E-state index contributed by atoms with van der Waals surface area (Å²) in [5.74, 6) is -0.624. The van der Waals surface area contributed by atoms with Gasteiger partial charge < -0.3 is 15.0 Å². The molecule has 1 aliphatic carbocycles. The van der Waals surface area contributed by atoms with Crippen molar-refractivity contribution in [3.63, 3.8) is 0 Å². The van der Waals surface area contributed by atoms with Gasteiger partial charge in [0.1, 0.15) is 0 Å². The van der Waals surface area contributed by atoms with Gasteiger partial charge in [0, 0.05) is 25.0 Å². The van der Waals surface area contributed by atoms with E-state index in [0.29, 0.717) is 18.9 Å². The van der Waals surface area contributed by atoms with Gasteiger partial charge in [0.25, 0.3) is 5.56 Å². The molecule has 0 saturated heterocycles. The number of nitrogens with one attached hydrogen (secondary N) is 1. The van der Waals surface area contributed by atoms with Gasteiger partial charge in [-0.15, -0.1) is 0 Å². The fraction of sp³-hybridized carbons (Fsp3) is 0.643. The van der Waals surface area contributed by atoms with E-state index in [1.165, 1.54) is 0 Å². The van der Waals surface area contributed by atoms with Gasteiger partial charge in [-0.25, -0.2) is 4.98 Å². The molecule has 110 valence electrons. The zero-order valence-electron chi connectivity index (χ0n) is 11.9. The number of rotatable bonds is 5. The average Bonchev–Trinajstić information content (AvgIpc) is 2.82. The zero-order valence-corrected chi connectivity index (χ0v) is 11.9. The Balaban J connectivity index is 2.17. The number of nitrogens with zero attached hydrogens (tertiary/aromatic N) is 2. The number of carboxylic acid groups (broad SMARTS) is 1. The van der Waals surface area contributed by atoms with Gasteiger partial charge in [0.2, 0.25) is 0 Å². The third kappa shape index (κ3) is 3.18. The molecule has 1 aromatic rings. The van der Waals surface area contributed by atoms with Crippen molar-refractivity contribution in [1.29, 1.82) is 0 Å². The van der Waals surface area contributed by atoms with Crippen LogP contribution < -0.4 is 10.9 Å². The van der Waals surface area contributed by atoms with E-state index in [9.17, 15) is 9.59 Å². The maximum atomic E-state index is 12.3. The minimum Gasteiger partial charge on any atom is -0.481 e. The van der Waals surface area contributed by atoms with Crippen LogP contribution in [-0.4, -0.2) is 26.7 Å². The Morgan fingerprint density at radius 2 is 2.30 bits per heavy atom. The van der Waals surface area contributed by atoms with Crippen LogP contribution in [0.25, 0.3) is 0 Å². The van der Waals surface area contributed by atoms with Gasteiger partial charge in [0.15, 0.2) is 5.82 Å². The van der Waals surface area contributed by atoms with Crippen LogP contribution in [0.4, 0.5) is 5.82 Å². The molecule has 0 spiro atoms. The lowest BCUT2D eigenvalue weighted by atomic mass is 10.0. The molecular formula is C14H21N3O3. The number of carbonyl (C=O) groups is 1. The summed E-state index contributed by atoms with van der Waals surface area (Å²) in [5.41, 5.74) is -0.183. The Kier molecular flexibility index (Phi) is 4.42. The second-order valence-corrected chi connectivity index (χ2v) is 5.75. The van der Waals surface area contributed by atoms with E-state index in [4.69, 9.17) is 5.11 Å². The Hall–Kier alpha value is -1.85. The summed E-state index contributed by atoms with van der Waals surface area (Å²) in [6.07, 6.45) is 5.52. The molecule has 1 aliphatic rings. The molecular weight excluding hydrogens is 258 g/mol. The molecule has 2 N–H and O–H groups in total. The Labute approximate surface area is 117 Å². The predicted molar refractivity (Wildman–Crippen MR) is 75.7 cm³/mol. The van der Waals surface area contributed by atoms with Crippen molar-refractivity contribution in [2.45, 2.75) is 45.7 Å². The lowest BCUT2D eigenvalue weighted by molar-refractivity contribution is -0.141. The van der Waals surface area contributed by atoms with Crippen molar-refractivity contribution in [3.8, 4) is 0 Å². The summed E-state index contributed by atoms with van der Waals surface area (Å²) in [7, 11) is 0. The molecule has 0 bridgehead atoms. The first kappa shape index (κ1) is 14.6. The van der Waals surface area contributed by atoms with E-state index >= 15 is 0 Å². The van der Waals surface area contributed by atoms with E-state index in [0.717, 1.165) is 12.8 Å². The smallest absolute Gasteiger partial charge is 0.308 e. The molecule has 1 aromatic heterocycles. The molecule has 2 unspecified atom stereocenters. The van der Waals surface area contributed by atoms with Crippen molar-refractivity contribution in [1.82, 2.24) is 9.55 Å². The average molecular weight is 279 g/mol. The minimum absolute atomic E-state index is 0.183. The monoisotopic (exact) mass is 279 g/mol. The molecule has 2 rings (SSSR count). The lowest BCUT2D eigenvalue weighted by Gasteiger charge is -2.18. The fourth-order valence-electron chi connectivity index (χ4n) is 2.69. The maximum Gasteiger partial charge on any atom is 0.308 e. The molecule has 20 heavy (non-hydrogen) atoms. The van der Waals surface area contributed by atoms with Crippen LogP contribution in [0.15, 0.2) is 17.2 Å². The molecule has 2 atom stereocenters. The zero-order chi connectivity index (χ0) is 14.7. The molecule has 0 amide bonds. The normalized spacial score (nSPS) is 22.1. The largest absolute Gasteiger partial charge is 0.481 e. The van der Waals surface area contributed by atoms with Gasteiger partial charge in [-0.3, -0.25) is 9.59 Å². The Morgan fingerprint density at radius 1 is 1.55 bits per heavy atom. The van der Waals surface area contributed by atoms with Crippen LogP contribution in [0, 0.1) is 11.8 Å². The second-order valence-electron chi connectivity index (χ2n) is 5.75. The van der Waals surface area contributed by atoms with Crippen molar-refractivity contribution >= 4 is 11.8 Å². The van der Waals surface area contributed by atoms with Crippen LogP contribution >= 0.6 is 0 Å². The number of hydrogen-bond donors (Lipinski definition) is 2. The maximum absolute atomic E-state index is 12.3. The number of aromatic nitrogens is 2. The number of hydrogen-bond acceptors (Lipinski definition) is 4. The summed E-state index contributed by atoms with van der Waals surface area (Å²) in [5, 5.41) is 12.2. The minimum atomic E-state index is -0.807. The first-order valence-corrected chi connectivity index (χ1v) is 7.04. The van der Waals surface area contributed by atoms with Gasteiger partial charge in [-0.05, 0) is 18.8 Å². The van der Waals surface area contributed by atoms with E-state index < -0.39 is 11.9 Å². The predicted octanol–water partition coefficient (Wildman–Crippen LogP) is 1.56. The highest BCUT2D eigenvalue weighted by Gasteiger charge is 2.33. The van der Waals surface area contributed by atoms with Crippen LogP contribution in [0.1, 0.15) is 33.1 Å². The lowest BCUT2D eigenvalue weighted by Crippen LogP contribution is -2.34. The quantitative estimate of drug-likeness (QED) is 0.854. The van der Waals surface area contributed by atoms with Crippen LogP contribution in [0.2, 0.25) is 0 Å². The summed E-state index contributed by atoms with van der Waals surface area (Å²) >= 11 is 0. The summed E-state index contributed by atoms with van der Waals surface area (Å²) < 4.78 is 1.62. The molecule has 0 aliphatic heterocycles. The summed E-state index contributed by atoms with van der Waals surface area (Å²) in [4.78, 5) is 27.5. The second kappa shape index (κ2) is 6.07. The van der Waals surface area contributed by atoms with Crippen LogP contribution in [0.5, 0.6) is 0 Å². The number of aliphatic carboxylic acids is 1. The highest BCUT2D eigenvalue weighted by atomic mass is 16.4. The molecule has 1 heterocycles. The van der Waals surface area contributed by atoms with E-state index in [-0.39, 0.29) is 17.4 Å². The molecule has 6 nitrogen and oxygen atoms in total. The summed E-state index contributed by atoms with van der Waals surface area (Å²) in [6, 6.07) is -0.206. The van der Waals surface area contributed by atoms with Crippen LogP contribution in [-0.2, 0) is 11.3 Å². The van der Waals surface area contributed by atoms with Crippen molar-refractivity contribution in [2.24, 2.45) is 11.8 Å². The van der Waals surface area contributed by atoms with E-state index in [1.807, 2.05) is 13.8 Å². The summed E-state index contributed by atoms with van der Waals surface area (Å²) in [6.45, 7) is 4.71. The first-order chi connectivity index (χ1) is 9.49.